The van der Waals surface area contributed by atoms with Crippen molar-refractivity contribution in [3.8, 4) is 5.69 Å². The molecule has 1 amide bonds. The van der Waals surface area contributed by atoms with Crippen molar-refractivity contribution < 1.29 is 13.2 Å². The van der Waals surface area contributed by atoms with Crippen molar-refractivity contribution in [3.05, 3.63) is 78.1 Å². The first-order valence-corrected chi connectivity index (χ1v) is 10.1. The highest BCUT2D eigenvalue weighted by atomic mass is 32.2. The first-order valence-electron chi connectivity index (χ1n) is 8.66. The highest BCUT2D eigenvalue weighted by molar-refractivity contribution is 7.89. The van der Waals surface area contributed by atoms with Crippen LogP contribution in [0.25, 0.3) is 5.69 Å². The number of para-hydroxylation sites is 1. The quantitative estimate of drug-likeness (QED) is 0.639. The van der Waals surface area contributed by atoms with E-state index in [-0.39, 0.29) is 10.8 Å². The molecular formula is C20H22N4O3S. The van der Waals surface area contributed by atoms with Crippen LogP contribution in [-0.2, 0) is 16.6 Å². The van der Waals surface area contributed by atoms with Crippen molar-refractivity contribution >= 4 is 15.9 Å². The molecule has 146 valence electrons. The van der Waals surface area contributed by atoms with Gasteiger partial charge in [0.2, 0.25) is 10.0 Å². The number of hydrogen-bond donors (Lipinski definition) is 0. The summed E-state index contributed by atoms with van der Waals surface area (Å²) < 4.78 is 27.2. The summed E-state index contributed by atoms with van der Waals surface area (Å²) in [5, 5.41) is 4.33. The van der Waals surface area contributed by atoms with Crippen molar-refractivity contribution in [2.24, 2.45) is 0 Å². The van der Waals surface area contributed by atoms with E-state index in [1.807, 2.05) is 36.5 Å². The van der Waals surface area contributed by atoms with E-state index in [1.54, 1.807) is 22.8 Å². The Morgan fingerprint density at radius 3 is 2.25 bits per heavy atom. The lowest BCUT2D eigenvalue weighted by Crippen LogP contribution is -2.26. The van der Waals surface area contributed by atoms with E-state index >= 15 is 0 Å². The van der Waals surface area contributed by atoms with Gasteiger partial charge in [-0.1, -0.05) is 18.2 Å². The molecule has 0 spiro atoms. The monoisotopic (exact) mass is 398 g/mol. The molecule has 0 aliphatic carbocycles. The van der Waals surface area contributed by atoms with E-state index in [2.05, 4.69) is 5.10 Å². The van der Waals surface area contributed by atoms with Crippen LogP contribution >= 0.6 is 0 Å². The van der Waals surface area contributed by atoms with E-state index in [0.717, 1.165) is 15.6 Å². The van der Waals surface area contributed by atoms with Gasteiger partial charge in [-0.05, 0) is 36.4 Å². The van der Waals surface area contributed by atoms with Crippen LogP contribution in [0.3, 0.4) is 0 Å². The fourth-order valence-electron chi connectivity index (χ4n) is 2.71. The van der Waals surface area contributed by atoms with Gasteiger partial charge >= 0.3 is 0 Å². The van der Waals surface area contributed by atoms with Crippen LogP contribution in [0.15, 0.2) is 71.9 Å². The van der Waals surface area contributed by atoms with E-state index in [1.165, 1.54) is 38.4 Å². The van der Waals surface area contributed by atoms with Gasteiger partial charge in [0.25, 0.3) is 5.91 Å². The molecule has 3 rings (SSSR count). The zero-order valence-electron chi connectivity index (χ0n) is 16.0. The molecule has 0 atom stereocenters. The smallest absolute Gasteiger partial charge is 0.253 e. The Morgan fingerprint density at radius 1 is 1.00 bits per heavy atom. The Labute approximate surface area is 164 Å². The van der Waals surface area contributed by atoms with Gasteiger partial charge in [0, 0.05) is 45.0 Å². The molecule has 8 heteroatoms. The first kappa shape index (κ1) is 19.8. The maximum Gasteiger partial charge on any atom is 0.253 e. The minimum atomic E-state index is -3.51. The van der Waals surface area contributed by atoms with Crippen LogP contribution in [0, 0.1) is 0 Å². The predicted molar refractivity (Wildman–Crippen MR) is 107 cm³/mol. The Balaban J connectivity index is 1.71. The molecule has 0 N–H and O–H groups in total. The third-order valence-electron chi connectivity index (χ3n) is 4.30. The SMILES string of the molecule is CN(Cc1cnn(-c2ccccc2)c1)C(=O)c1ccc(S(=O)(=O)N(C)C)cc1. The summed E-state index contributed by atoms with van der Waals surface area (Å²) in [4.78, 5) is 14.4. The predicted octanol–water partition coefficient (Wildman–Crippen LogP) is 2.39. The van der Waals surface area contributed by atoms with Crippen LogP contribution in [0.2, 0.25) is 0 Å². The molecule has 0 bridgehead atoms. The zero-order valence-corrected chi connectivity index (χ0v) is 16.8. The largest absolute Gasteiger partial charge is 0.337 e. The van der Waals surface area contributed by atoms with Gasteiger partial charge in [-0.15, -0.1) is 0 Å². The third kappa shape index (κ3) is 4.13. The van der Waals surface area contributed by atoms with E-state index in [9.17, 15) is 13.2 Å². The van der Waals surface area contributed by atoms with Crippen molar-refractivity contribution in [1.82, 2.24) is 19.0 Å². The first-order chi connectivity index (χ1) is 13.3. The highest BCUT2D eigenvalue weighted by Gasteiger charge is 2.19. The molecule has 0 saturated carbocycles. The number of carbonyl (C=O) groups excluding carboxylic acids is 1. The van der Waals surface area contributed by atoms with E-state index in [0.29, 0.717) is 12.1 Å². The lowest BCUT2D eigenvalue weighted by molar-refractivity contribution is 0.0785. The zero-order chi connectivity index (χ0) is 20.3. The number of sulfonamides is 1. The Hall–Kier alpha value is -2.97. The number of benzene rings is 2. The van der Waals surface area contributed by atoms with Gasteiger partial charge in [-0.25, -0.2) is 17.4 Å². The number of rotatable bonds is 6. The van der Waals surface area contributed by atoms with Gasteiger partial charge in [0.15, 0.2) is 0 Å². The fraction of sp³-hybridized carbons (Fsp3) is 0.200. The maximum absolute atomic E-state index is 12.7. The fourth-order valence-corrected chi connectivity index (χ4v) is 3.61. The van der Waals surface area contributed by atoms with Crippen molar-refractivity contribution in [2.75, 3.05) is 21.1 Å². The summed E-state index contributed by atoms with van der Waals surface area (Å²) in [6, 6.07) is 15.7. The summed E-state index contributed by atoms with van der Waals surface area (Å²) >= 11 is 0. The standard InChI is InChI=1S/C20H22N4O3S/c1-22(2)28(26,27)19-11-9-17(10-12-19)20(25)23(3)14-16-13-21-24(15-16)18-7-5-4-6-8-18/h4-13,15H,14H2,1-3H3. The number of nitrogens with zero attached hydrogens (tertiary/aromatic N) is 4. The lowest BCUT2D eigenvalue weighted by Gasteiger charge is -2.17. The highest BCUT2D eigenvalue weighted by Crippen LogP contribution is 2.16. The number of carbonyl (C=O) groups is 1. The number of hydrogen-bond acceptors (Lipinski definition) is 4. The molecule has 28 heavy (non-hydrogen) atoms. The third-order valence-corrected chi connectivity index (χ3v) is 6.13. The molecule has 0 aliphatic rings. The topological polar surface area (TPSA) is 75.5 Å². The molecule has 1 heterocycles. The average molecular weight is 398 g/mol. The molecule has 0 saturated heterocycles. The molecule has 1 aromatic heterocycles. The van der Waals surface area contributed by atoms with E-state index < -0.39 is 10.0 Å². The molecule has 0 radical (unpaired) electrons. The van der Waals surface area contributed by atoms with Gasteiger partial charge in [0.05, 0.1) is 16.8 Å². The van der Waals surface area contributed by atoms with Crippen molar-refractivity contribution in [1.29, 1.82) is 0 Å². The van der Waals surface area contributed by atoms with Gasteiger partial charge in [-0.3, -0.25) is 4.79 Å². The van der Waals surface area contributed by atoms with Crippen LogP contribution in [0.1, 0.15) is 15.9 Å². The van der Waals surface area contributed by atoms with Crippen molar-refractivity contribution in [2.45, 2.75) is 11.4 Å². The van der Waals surface area contributed by atoms with E-state index in [4.69, 9.17) is 0 Å². The van der Waals surface area contributed by atoms with Gasteiger partial charge < -0.3 is 4.90 Å². The average Bonchev–Trinajstić information content (AvgIpc) is 3.16. The lowest BCUT2D eigenvalue weighted by atomic mass is 10.2. The summed E-state index contributed by atoms with van der Waals surface area (Å²) in [6.45, 7) is 0.392. The summed E-state index contributed by atoms with van der Waals surface area (Å²) in [6.07, 6.45) is 3.61. The summed E-state index contributed by atoms with van der Waals surface area (Å²) in [7, 11) is 1.13. The summed E-state index contributed by atoms with van der Waals surface area (Å²) in [5.74, 6) is -0.193. The van der Waals surface area contributed by atoms with Crippen LogP contribution in [0.5, 0.6) is 0 Å². The maximum atomic E-state index is 12.7. The second-order valence-electron chi connectivity index (χ2n) is 6.60. The van der Waals surface area contributed by atoms with Crippen LogP contribution < -0.4 is 0 Å². The molecule has 2 aromatic carbocycles. The minimum absolute atomic E-state index is 0.154. The molecule has 0 aliphatic heterocycles. The van der Waals surface area contributed by atoms with Gasteiger partial charge in [-0.2, -0.15) is 5.10 Å². The normalized spacial score (nSPS) is 11.6. The van der Waals surface area contributed by atoms with Crippen LogP contribution in [-0.4, -0.2) is 54.5 Å². The second-order valence-corrected chi connectivity index (χ2v) is 8.75. The van der Waals surface area contributed by atoms with Gasteiger partial charge in [0.1, 0.15) is 0 Å². The number of aromatic nitrogens is 2. The second kappa shape index (κ2) is 7.95. The Morgan fingerprint density at radius 2 is 1.64 bits per heavy atom. The summed E-state index contributed by atoms with van der Waals surface area (Å²) in [5.41, 5.74) is 2.27. The molecule has 3 aromatic rings. The van der Waals surface area contributed by atoms with Crippen LogP contribution in [0.4, 0.5) is 0 Å². The Kier molecular flexibility index (Phi) is 5.62. The molecule has 0 unspecified atom stereocenters. The number of amides is 1. The van der Waals surface area contributed by atoms with Crippen molar-refractivity contribution in [3.63, 3.8) is 0 Å². The minimum Gasteiger partial charge on any atom is -0.337 e. The Bertz CT molecular complexity index is 1060. The molecule has 0 fully saturated rings. The molecular weight excluding hydrogens is 376 g/mol. The molecule has 7 nitrogen and oxygen atoms in total.